The summed E-state index contributed by atoms with van der Waals surface area (Å²) in [5.41, 5.74) is 2.21. The fourth-order valence-electron chi connectivity index (χ4n) is 1.68. The number of benzene rings is 1. The number of nitrogens with zero attached hydrogens (tertiary/aromatic N) is 1. The smallest absolute Gasteiger partial charge is 0.116 e. The zero-order valence-electron chi connectivity index (χ0n) is 8.20. The Bertz CT molecular complexity index is 451. The van der Waals surface area contributed by atoms with Crippen molar-refractivity contribution in [3.8, 4) is 5.75 Å². The Morgan fingerprint density at radius 1 is 1.29 bits per heavy atom. The minimum atomic E-state index is 0.308. The molecule has 1 N–H and O–H groups in total. The van der Waals surface area contributed by atoms with Gasteiger partial charge in [0.25, 0.3) is 0 Å². The van der Waals surface area contributed by atoms with E-state index in [0.29, 0.717) is 5.75 Å². The molecule has 0 atom stereocenters. The van der Waals surface area contributed by atoms with Crippen molar-refractivity contribution in [3.63, 3.8) is 0 Å². The van der Waals surface area contributed by atoms with Crippen molar-refractivity contribution in [2.45, 2.75) is 19.8 Å². The molecular weight excluding hydrogens is 174 g/mol. The van der Waals surface area contributed by atoms with Crippen LogP contribution in [0.3, 0.4) is 0 Å². The van der Waals surface area contributed by atoms with Gasteiger partial charge >= 0.3 is 0 Å². The summed E-state index contributed by atoms with van der Waals surface area (Å²) in [6.45, 7) is 2.15. The Morgan fingerprint density at radius 2 is 2.14 bits per heavy atom. The van der Waals surface area contributed by atoms with Gasteiger partial charge in [-0.15, -0.1) is 0 Å². The van der Waals surface area contributed by atoms with Crippen molar-refractivity contribution < 1.29 is 5.11 Å². The van der Waals surface area contributed by atoms with Gasteiger partial charge in [0.15, 0.2) is 0 Å². The minimum absolute atomic E-state index is 0.308. The molecule has 0 saturated heterocycles. The van der Waals surface area contributed by atoms with Crippen LogP contribution in [0.15, 0.2) is 30.5 Å². The molecule has 14 heavy (non-hydrogen) atoms. The Hall–Kier alpha value is -1.57. The van der Waals surface area contributed by atoms with Crippen molar-refractivity contribution in [2.24, 2.45) is 0 Å². The van der Waals surface area contributed by atoms with Gasteiger partial charge in [0, 0.05) is 11.6 Å². The summed E-state index contributed by atoms with van der Waals surface area (Å²) in [5.74, 6) is 0.308. The molecule has 0 bridgehead atoms. The lowest BCUT2D eigenvalue weighted by molar-refractivity contribution is 0.476. The number of pyridine rings is 1. The average Bonchev–Trinajstić information content (AvgIpc) is 2.19. The molecule has 0 amide bonds. The maximum Gasteiger partial charge on any atom is 0.116 e. The molecular formula is C12H13NO. The van der Waals surface area contributed by atoms with Crippen LogP contribution in [-0.4, -0.2) is 10.1 Å². The maximum atomic E-state index is 9.40. The Morgan fingerprint density at radius 3 is 2.93 bits per heavy atom. The second-order valence-electron chi connectivity index (χ2n) is 3.42. The standard InChI is InChI=1S/C12H13NO/c1-2-3-9-6-7-13-12-5-4-10(14)8-11(9)12/h4-8,14H,2-3H2,1H3. The number of hydrogen-bond donors (Lipinski definition) is 1. The average molecular weight is 187 g/mol. The summed E-state index contributed by atoms with van der Waals surface area (Å²) >= 11 is 0. The predicted octanol–water partition coefficient (Wildman–Crippen LogP) is 2.89. The van der Waals surface area contributed by atoms with Gasteiger partial charge in [-0.05, 0) is 36.2 Å². The molecule has 1 aromatic carbocycles. The summed E-state index contributed by atoms with van der Waals surface area (Å²) in [5, 5.41) is 10.5. The summed E-state index contributed by atoms with van der Waals surface area (Å²) in [6, 6.07) is 7.33. The number of fused-ring (bicyclic) bond motifs is 1. The van der Waals surface area contributed by atoms with E-state index in [9.17, 15) is 5.11 Å². The van der Waals surface area contributed by atoms with Gasteiger partial charge in [0.05, 0.1) is 5.52 Å². The lowest BCUT2D eigenvalue weighted by Crippen LogP contribution is -1.87. The summed E-state index contributed by atoms with van der Waals surface area (Å²) < 4.78 is 0. The van der Waals surface area contributed by atoms with Crippen LogP contribution in [0.1, 0.15) is 18.9 Å². The van der Waals surface area contributed by atoms with Crippen LogP contribution >= 0.6 is 0 Å². The van der Waals surface area contributed by atoms with E-state index >= 15 is 0 Å². The highest BCUT2D eigenvalue weighted by molar-refractivity contribution is 5.83. The molecule has 2 rings (SSSR count). The monoisotopic (exact) mass is 187 g/mol. The Kier molecular flexibility index (Phi) is 2.35. The molecule has 0 aliphatic heterocycles. The first-order chi connectivity index (χ1) is 6.81. The van der Waals surface area contributed by atoms with Gasteiger partial charge in [-0.1, -0.05) is 13.3 Å². The molecule has 2 aromatic rings. The van der Waals surface area contributed by atoms with Crippen molar-refractivity contribution in [2.75, 3.05) is 0 Å². The molecule has 0 saturated carbocycles. The van der Waals surface area contributed by atoms with E-state index in [0.717, 1.165) is 23.7 Å². The van der Waals surface area contributed by atoms with E-state index in [1.807, 2.05) is 18.3 Å². The van der Waals surface area contributed by atoms with Crippen LogP contribution in [0.4, 0.5) is 0 Å². The van der Waals surface area contributed by atoms with Crippen LogP contribution in [-0.2, 0) is 6.42 Å². The van der Waals surface area contributed by atoms with E-state index in [1.165, 1.54) is 5.56 Å². The van der Waals surface area contributed by atoms with Crippen molar-refractivity contribution in [1.29, 1.82) is 0 Å². The third-order valence-electron chi connectivity index (χ3n) is 2.33. The zero-order chi connectivity index (χ0) is 9.97. The summed E-state index contributed by atoms with van der Waals surface area (Å²) in [6.07, 6.45) is 3.96. The molecule has 0 unspecified atom stereocenters. The molecule has 1 heterocycles. The van der Waals surface area contributed by atoms with Crippen molar-refractivity contribution in [1.82, 2.24) is 4.98 Å². The van der Waals surface area contributed by atoms with Crippen LogP contribution in [0, 0.1) is 0 Å². The van der Waals surface area contributed by atoms with Gasteiger partial charge in [-0.25, -0.2) is 0 Å². The first-order valence-electron chi connectivity index (χ1n) is 4.88. The van der Waals surface area contributed by atoms with E-state index in [1.54, 1.807) is 12.1 Å². The predicted molar refractivity (Wildman–Crippen MR) is 57.4 cm³/mol. The third-order valence-corrected chi connectivity index (χ3v) is 2.33. The quantitative estimate of drug-likeness (QED) is 0.784. The Labute approximate surface area is 83.2 Å². The third kappa shape index (κ3) is 1.55. The topological polar surface area (TPSA) is 33.1 Å². The Balaban J connectivity index is 2.64. The van der Waals surface area contributed by atoms with Crippen LogP contribution < -0.4 is 0 Å². The number of aromatic hydroxyl groups is 1. The largest absolute Gasteiger partial charge is 0.508 e. The van der Waals surface area contributed by atoms with E-state index in [2.05, 4.69) is 11.9 Å². The summed E-state index contributed by atoms with van der Waals surface area (Å²) in [4.78, 5) is 4.25. The lowest BCUT2D eigenvalue weighted by atomic mass is 10.1. The van der Waals surface area contributed by atoms with E-state index < -0.39 is 0 Å². The number of hydrogen-bond acceptors (Lipinski definition) is 2. The van der Waals surface area contributed by atoms with Crippen LogP contribution in [0.5, 0.6) is 5.75 Å². The number of phenolic OH excluding ortho intramolecular Hbond substituents is 1. The zero-order valence-corrected chi connectivity index (χ0v) is 8.20. The fraction of sp³-hybridized carbons (Fsp3) is 0.250. The fourth-order valence-corrected chi connectivity index (χ4v) is 1.68. The SMILES string of the molecule is CCCc1ccnc2ccc(O)cc12. The first-order valence-corrected chi connectivity index (χ1v) is 4.88. The molecule has 1 aromatic heterocycles. The van der Waals surface area contributed by atoms with E-state index in [-0.39, 0.29) is 0 Å². The molecule has 0 fully saturated rings. The van der Waals surface area contributed by atoms with Gasteiger partial charge in [-0.3, -0.25) is 4.98 Å². The molecule has 2 heteroatoms. The van der Waals surface area contributed by atoms with Crippen molar-refractivity contribution in [3.05, 3.63) is 36.0 Å². The second kappa shape index (κ2) is 3.66. The van der Waals surface area contributed by atoms with Gasteiger partial charge in [0.1, 0.15) is 5.75 Å². The maximum absolute atomic E-state index is 9.40. The second-order valence-corrected chi connectivity index (χ2v) is 3.42. The molecule has 0 radical (unpaired) electrons. The highest BCUT2D eigenvalue weighted by Crippen LogP contribution is 2.22. The van der Waals surface area contributed by atoms with Crippen LogP contribution in [0.2, 0.25) is 0 Å². The van der Waals surface area contributed by atoms with Crippen molar-refractivity contribution >= 4 is 10.9 Å². The number of phenols is 1. The highest BCUT2D eigenvalue weighted by atomic mass is 16.3. The molecule has 72 valence electrons. The normalized spacial score (nSPS) is 10.6. The molecule has 0 aliphatic carbocycles. The first kappa shape index (κ1) is 9.00. The summed E-state index contributed by atoms with van der Waals surface area (Å²) in [7, 11) is 0. The highest BCUT2D eigenvalue weighted by Gasteiger charge is 2.01. The number of rotatable bonds is 2. The minimum Gasteiger partial charge on any atom is -0.508 e. The molecule has 2 nitrogen and oxygen atoms in total. The lowest BCUT2D eigenvalue weighted by Gasteiger charge is -2.04. The van der Waals surface area contributed by atoms with Gasteiger partial charge in [-0.2, -0.15) is 0 Å². The van der Waals surface area contributed by atoms with Crippen LogP contribution in [0.25, 0.3) is 10.9 Å². The van der Waals surface area contributed by atoms with E-state index in [4.69, 9.17) is 0 Å². The van der Waals surface area contributed by atoms with Gasteiger partial charge in [0.2, 0.25) is 0 Å². The number of aryl methyl sites for hydroxylation is 1. The van der Waals surface area contributed by atoms with Gasteiger partial charge < -0.3 is 5.11 Å². The molecule has 0 spiro atoms. The number of aromatic nitrogens is 1. The molecule has 0 aliphatic rings.